The van der Waals surface area contributed by atoms with Gasteiger partial charge in [0.1, 0.15) is 6.10 Å². The highest BCUT2D eigenvalue weighted by atomic mass is 19.2. The Morgan fingerprint density at radius 2 is 1.67 bits per heavy atom. The van der Waals surface area contributed by atoms with E-state index in [1.54, 1.807) is 0 Å². The number of hydrogen-bond donors (Lipinski definition) is 1. The second-order valence-corrected chi connectivity index (χ2v) is 6.72. The van der Waals surface area contributed by atoms with Crippen molar-refractivity contribution >= 4 is 5.91 Å². The predicted octanol–water partition coefficient (Wildman–Crippen LogP) is 3.63. The summed E-state index contributed by atoms with van der Waals surface area (Å²) in [4.78, 5) is 20.7. The summed E-state index contributed by atoms with van der Waals surface area (Å²) in [6, 6.07) is 3.68. The molecule has 3 rings (SSSR count). The van der Waals surface area contributed by atoms with E-state index in [1.165, 1.54) is 0 Å². The normalized spacial score (nSPS) is 19.6. The fourth-order valence-electron chi connectivity index (χ4n) is 3.18. The maximum atomic E-state index is 13.7. The molecule has 27 heavy (non-hydrogen) atoms. The largest absolute Gasteiger partial charge is 0.460 e. The molecule has 1 aromatic carbocycles. The Bertz CT molecular complexity index is 832. The standard InChI is InChI=1S/C19H20F3N3O2/c1-10-9-11(2)24-19(23-10)27-13-5-3-12(4-6-13)25-18(26)14-7-8-15(20)17(22)16(14)21/h7-9,12-13H,3-6H2,1-2H3,(H,25,26). The molecule has 0 aliphatic heterocycles. The van der Waals surface area contributed by atoms with Crippen molar-refractivity contribution < 1.29 is 22.7 Å². The maximum Gasteiger partial charge on any atom is 0.317 e. The number of hydrogen-bond acceptors (Lipinski definition) is 4. The lowest BCUT2D eigenvalue weighted by molar-refractivity contribution is 0.0879. The molecule has 1 saturated carbocycles. The minimum Gasteiger partial charge on any atom is -0.460 e. The van der Waals surface area contributed by atoms with Crippen LogP contribution >= 0.6 is 0 Å². The van der Waals surface area contributed by atoms with Crippen molar-refractivity contribution in [3.63, 3.8) is 0 Å². The molecular formula is C19H20F3N3O2. The monoisotopic (exact) mass is 379 g/mol. The first kappa shape index (κ1) is 19.1. The summed E-state index contributed by atoms with van der Waals surface area (Å²) in [6.45, 7) is 3.73. The third kappa shape index (κ3) is 4.56. The number of halogens is 3. The third-order valence-electron chi connectivity index (χ3n) is 4.52. The second kappa shape index (κ2) is 7.94. The lowest BCUT2D eigenvalue weighted by Gasteiger charge is -2.29. The number of rotatable bonds is 4. The Labute approximate surface area is 155 Å². The number of nitrogens with zero attached hydrogens (tertiary/aromatic N) is 2. The van der Waals surface area contributed by atoms with Gasteiger partial charge in [0.2, 0.25) is 0 Å². The topological polar surface area (TPSA) is 64.1 Å². The number of carbonyl (C=O) groups excluding carboxylic acids is 1. The van der Waals surface area contributed by atoms with E-state index >= 15 is 0 Å². The van der Waals surface area contributed by atoms with Gasteiger partial charge in [0, 0.05) is 17.4 Å². The molecule has 0 saturated heterocycles. The summed E-state index contributed by atoms with van der Waals surface area (Å²) in [5.74, 6) is -5.20. The SMILES string of the molecule is Cc1cc(C)nc(OC2CCC(NC(=O)c3ccc(F)c(F)c3F)CC2)n1. The predicted molar refractivity (Wildman–Crippen MR) is 92.0 cm³/mol. The zero-order valence-electron chi connectivity index (χ0n) is 15.1. The van der Waals surface area contributed by atoms with Crippen LogP contribution in [-0.2, 0) is 0 Å². The molecule has 1 heterocycles. The zero-order chi connectivity index (χ0) is 19.6. The average Bonchev–Trinajstić information content (AvgIpc) is 2.60. The molecule has 5 nitrogen and oxygen atoms in total. The summed E-state index contributed by atoms with van der Waals surface area (Å²) in [5.41, 5.74) is 1.15. The molecule has 0 unspecified atom stereocenters. The van der Waals surface area contributed by atoms with Crippen LogP contribution in [0.15, 0.2) is 18.2 Å². The summed E-state index contributed by atoms with van der Waals surface area (Å²) >= 11 is 0. The number of amides is 1. The average molecular weight is 379 g/mol. The smallest absolute Gasteiger partial charge is 0.317 e. The van der Waals surface area contributed by atoms with Crippen molar-refractivity contribution in [2.45, 2.75) is 51.7 Å². The molecule has 1 aliphatic rings. The van der Waals surface area contributed by atoms with E-state index in [0.717, 1.165) is 23.5 Å². The molecule has 0 spiro atoms. The van der Waals surface area contributed by atoms with Crippen molar-refractivity contribution in [1.29, 1.82) is 0 Å². The van der Waals surface area contributed by atoms with E-state index in [4.69, 9.17) is 4.74 Å². The van der Waals surface area contributed by atoms with Gasteiger partial charge in [-0.2, -0.15) is 0 Å². The van der Waals surface area contributed by atoms with Gasteiger partial charge < -0.3 is 10.1 Å². The molecule has 1 fully saturated rings. The Morgan fingerprint density at radius 3 is 2.30 bits per heavy atom. The zero-order valence-corrected chi connectivity index (χ0v) is 15.1. The van der Waals surface area contributed by atoms with Gasteiger partial charge in [-0.25, -0.2) is 23.1 Å². The van der Waals surface area contributed by atoms with Crippen LogP contribution in [0.4, 0.5) is 13.2 Å². The first-order valence-electron chi connectivity index (χ1n) is 8.77. The number of aromatic nitrogens is 2. The molecule has 0 atom stereocenters. The van der Waals surface area contributed by atoms with Crippen LogP contribution in [0.1, 0.15) is 47.4 Å². The van der Waals surface area contributed by atoms with Crippen LogP contribution in [0.5, 0.6) is 6.01 Å². The van der Waals surface area contributed by atoms with Gasteiger partial charge in [-0.05, 0) is 57.7 Å². The third-order valence-corrected chi connectivity index (χ3v) is 4.52. The van der Waals surface area contributed by atoms with Gasteiger partial charge in [0.25, 0.3) is 5.91 Å². The van der Waals surface area contributed by atoms with Gasteiger partial charge in [-0.1, -0.05) is 0 Å². The molecule has 1 amide bonds. The lowest BCUT2D eigenvalue weighted by Crippen LogP contribution is -2.40. The summed E-state index contributed by atoms with van der Waals surface area (Å²) in [5, 5.41) is 2.67. The van der Waals surface area contributed by atoms with E-state index in [2.05, 4.69) is 15.3 Å². The molecule has 2 aromatic rings. The Kier molecular flexibility index (Phi) is 5.62. The van der Waals surface area contributed by atoms with Crippen LogP contribution in [0.25, 0.3) is 0 Å². The fourth-order valence-corrected chi connectivity index (χ4v) is 3.18. The van der Waals surface area contributed by atoms with E-state index < -0.39 is 28.9 Å². The number of carbonyl (C=O) groups is 1. The Balaban J connectivity index is 1.55. The van der Waals surface area contributed by atoms with Crippen molar-refractivity contribution in [2.24, 2.45) is 0 Å². The van der Waals surface area contributed by atoms with E-state index in [-0.39, 0.29) is 12.1 Å². The van der Waals surface area contributed by atoms with Crippen molar-refractivity contribution in [1.82, 2.24) is 15.3 Å². The van der Waals surface area contributed by atoms with Gasteiger partial charge in [0.15, 0.2) is 17.5 Å². The molecule has 8 heteroatoms. The van der Waals surface area contributed by atoms with Crippen LogP contribution in [-0.4, -0.2) is 28.0 Å². The van der Waals surface area contributed by atoms with Crippen molar-refractivity contribution in [3.8, 4) is 6.01 Å². The highest BCUT2D eigenvalue weighted by Gasteiger charge is 2.26. The highest BCUT2D eigenvalue weighted by Crippen LogP contribution is 2.23. The fraction of sp³-hybridized carbons (Fsp3) is 0.421. The minimum atomic E-state index is -1.65. The highest BCUT2D eigenvalue weighted by molar-refractivity contribution is 5.94. The molecule has 1 aromatic heterocycles. The Morgan fingerprint density at radius 1 is 1.04 bits per heavy atom. The van der Waals surface area contributed by atoms with Gasteiger partial charge in [-0.3, -0.25) is 4.79 Å². The number of ether oxygens (including phenoxy) is 1. The van der Waals surface area contributed by atoms with Crippen LogP contribution in [0.3, 0.4) is 0 Å². The van der Waals surface area contributed by atoms with Crippen LogP contribution in [0.2, 0.25) is 0 Å². The molecular weight excluding hydrogens is 359 g/mol. The van der Waals surface area contributed by atoms with Gasteiger partial charge in [-0.15, -0.1) is 0 Å². The molecule has 1 N–H and O–H groups in total. The number of aryl methyl sites for hydroxylation is 2. The molecule has 0 bridgehead atoms. The van der Waals surface area contributed by atoms with Crippen molar-refractivity contribution in [3.05, 3.63) is 52.6 Å². The summed E-state index contributed by atoms with van der Waals surface area (Å²) < 4.78 is 45.8. The van der Waals surface area contributed by atoms with E-state index in [9.17, 15) is 18.0 Å². The number of nitrogens with one attached hydrogen (secondary N) is 1. The lowest BCUT2D eigenvalue weighted by atomic mass is 9.92. The van der Waals surface area contributed by atoms with Crippen molar-refractivity contribution in [2.75, 3.05) is 0 Å². The van der Waals surface area contributed by atoms with Gasteiger partial charge >= 0.3 is 6.01 Å². The van der Waals surface area contributed by atoms with Gasteiger partial charge in [0.05, 0.1) is 5.56 Å². The van der Waals surface area contributed by atoms with E-state index in [1.807, 2.05) is 19.9 Å². The first-order chi connectivity index (χ1) is 12.8. The quantitative estimate of drug-likeness (QED) is 0.824. The first-order valence-corrected chi connectivity index (χ1v) is 8.77. The molecule has 0 radical (unpaired) electrons. The molecule has 1 aliphatic carbocycles. The molecule has 144 valence electrons. The summed E-state index contributed by atoms with van der Waals surface area (Å²) in [7, 11) is 0. The minimum absolute atomic E-state index is 0.0700. The summed E-state index contributed by atoms with van der Waals surface area (Å²) in [6.07, 6.45) is 2.50. The van der Waals surface area contributed by atoms with E-state index in [0.29, 0.717) is 31.7 Å². The maximum absolute atomic E-state index is 13.7. The van der Waals surface area contributed by atoms with Crippen LogP contribution in [0, 0.1) is 31.3 Å². The Hall–Kier alpha value is -2.64. The van der Waals surface area contributed by atoms with Crippen LogP contribution < -0.4 is 10.1 Å². The second-order valence-electron chi connectivity index (χ2n) is 6.72. The number of benzene rings is 1.